The molecule has 0 radical (unpaired) electrons. The van der Waals surface area contributed by atoms with Gasteiger partial charge in [-0.1, -0.05) is 43.7 Å². The molecule has 0 aliphatic heterocycles. The normalized spacial score (nSPS) is 11.2. The number of carbonyl (C=O) groups excluding carboxylic acids is 1. The number of aryl methyl sites for hydroxylation is 2. The minimum absolute atomic E-state index is 0.0572. The summed E-state index contributed by atoms with van der Waals surface area (Å²) in [5.41, 5.74) is 5.06. The molecule has 4 rings (SSSR count). The minimum atomic E-state index is -0.0572. The van der Waals surface area contributed by atoms with E-state index in [1.54, 1.807) is 17.7 Å². The molecular weight excluding hydrogens is 442 g/mol. The quantitative estimate of drug-likeness (QED) is 0.322. The molecule has 0 atom stereocenters. The number of fused-ring (bicyclic) bond motifs is 1. The fraction of sp³-hybridized carbons (Fsp3) is 0.296. The number of thiophene rings is 1. The van der Waals surface area contributed by atoms with E-state index < -0.39 is 0 Å². The number of likely N-dealkylation sites (N-methyl/N-ethyl adjacent to an activating group) is 1. The van der Waals surface area contributed by atoms with E-state index in [4.69, 9.17) is 0 Å². The molecule has 0 saturated carbocycles. The van der Waals surface area contributed by atoms with Crippen LogP contribution in [0.2, 0.25) is 0 Å². The molecule has 2 aromatic heterocycles. The summed E-state index contributed by atoms with van der Waals surface area (Å²) in [6.45, 7) is 11.9. The number of rotatable bonds is 9. The van der Waals surface area contributed by atoms with Gasteiger partial charge in [0.25, 0.3) is 5.91 Å². The second-order valence-electron chi connectivity index (χ2n) is 8.29. The highest BCUT2D eigenvalue weighted by atomic mass is 32.1. The van der Waals surface area contributed by atoms with Crippen molar-refractivity contribution in [3.63, 3.8) is 0 Å². The monoisotopic (exact) mass is 473 g/mol. The van der Waals surface area contributed by atoms with Crippen LogP contribution in [-0.4, -0.2) is 47.0 Å². The second-order valence-corrected chi connectivity index (χ2v) is 9.49. The number of anilines is 2. The number of carbonyl (C=O) groups is 1. The standard InChI is InChI=1S/C27H31N5OS/c1-5-32(6-2)16-15-28-26(33)21-11-13-22(14-12-21)31-25-24-23(20-9-7-18(3)8-10-20)19(4)34-27(24)30-17-29-25/h7-14,17H,5-6,15-16H2,1-4H3,(H,28,33)(H,29,30,31). The van der Waals surface area contributed by atoms with Crippen LogP contribution in [0.4, 0.5) is 11.5 Å². The summed E-state index contributed by atoms with van der Waals surface area (Å²) in [5, 5.41) is 7.46. The molecule has 0 saturated heterocycles. The Balaban J connectivity index is 1.53. The van der Waals surface area contributed by atoms with Crippen LogP contribution in [0.3, 0.4) is 0 Å². The molecule has 7 heteroatoms. The molecule has 1 amide bonds. The number of aromatic nitrogens is 2. The van der Waals surface area contributed by atoms with Gasteiger partial charge in [-0.3, -0.25) is 4.79 Å². The number of hydrogen-bond donors (Lipinski definition) is 2. The lowest BCUT2D eigenvalue weighted by molar-refractivity contribution is 0.0949. The van der Waals surface area contributed by atoms with Crippen LogP contribution < -0.4 is 10.6 Å². The van der Waals surface area contributed by atoms with Gasteiger partial charge in [-0.25, -0.2) is 9.97 Å². The lowest BCUT2D eigenvalue weighted by Gasteiger charge is -2.18. The molecule has 0 fully saturated rings. The highest BCUT2D eigenvalue weighted by molar-refractivity contribution is 7.19. The maximum Gasteiger partial charge on any atom is 0.251 e. The predicted molar refractivity (Wildman–Crippen MR) is 142 cm³/mol. The molecule has 2 heterocycles. The van der Waals surface area contributed by atoms with Gasteiger partial charge in [-0.15, -0.1) is 11.3 Å². The highest BCUT2D eigenvalue weighted by Gasteiger charge is 2.17. The Morgan fingerprint density at radius 3 is 2.35 bits per heavy atom. The first-order valence-corrected chi connectivity index (χ1v) is 12.5. The van der Waals surface area contributed by atoms with E-state index >= 15 is 0 Å². The third kappa shape index (κ3) is 5.26. The van der Waals surface area contributed by atoms with Crippen LogP contribution in [0, 0.1) is 13.8 Å². The van der Waals surface area contributed by atoms with Crippen molar-refractivity contribution in [2.24, 2.45) is 0 Å². The van der Waals surface area contributed by atoms with Gasteiger partial charge in [0.2, 0.25) is 0 Å². The van der Waals surface area contributed by atoms with E-state index in [0.29, 0.717) is 12.1 Å². The van der Waals surface area contributed by atoms with Crippen molar-refractivity contribution in [1.82, 2.24) is 20.2 Å². The van der Waals surface area contributed by atoms with E-state index in [1.807, 2.05) is 24.3 Å². The largest absolute Gasteiger partial charge is 0.351 e. The number of nitrogens with one attached hydrogen (secondary N) is 2. The maximum atomic E-state index is 12.5. The Morgan fingerprint density at radius 2 is 1.68 bits per heavy atom. The molecule has 0 aliphatic carbocycles. The molecular formula is C27H31N5OS. The van der Waals surface area contributed by atoms with E-state index in [2.05, 4.69) is 77.5 Å². The van der Waals surface area contributed by atoms with Crippen molar-refractivity contribution in [2.45, 2.75) is 27.7 Å². The van der Waals surface area contributed by atoms with Crippen molar-refractivity contribution >= 4 is 39.0 Å². The van der Waals surface area contributed by atoms with Crippen molar-refractivity contribution in [1.29, 1.82) is 0 Å². The zero-order valence-electron chi connectivity index (χ0n) is 20.2. The fourth-order valence-electron chi connectivity index (χ4n) is 4.02. The van der Waals surface area contributed by atoms with Crippen LogP contribution >= 0.6 is 11.3 Å². The average molecular weight is 474 g/mol. The van der Waals surface area contributed by atoms with Crippen molar-refractivity contribution in [3.8, 4) is 11.1 Å². The van der Waals surface area contributed by atoms with Gasteiger partial charge < -0.3 is 15.5 Å². The fourth-order valence-corrected chi connectivity index (χ4v) is 5.03. The topological polar surface area (TPSA) is 70.2 Å². The van der Waals surface area contributed by atoms with Crippen LogP contribution in [0.1, 0.15) is 34.6 Å². The molecule has 34 heavy (non-hydrogen) atoms. The Labute approximate surface area is 205 Å². The molecule has 0 unspecified atom stereocenters. The minimum Gasteiger partial charge on any atom is -0.351 e. The van der Waals surface area contributed by atoms with Gasteiger partial charge in [-0.05, 0) is 56.8 Å². The van der Waals surface area contributed by atoms with Gasteiger partial charge >= 0.3 is 0 Å². The zero-order chi connectivity index (χ0) is 24.1. The molecule has 2 aromatic carbocycles. The van der Waals surface area contributed by atoms with Crippen LogP contribution in [0.25, 0.3) is 21.3 Å². The van der Waals surface area contributed by atoms with Crippen molar-refractivity contribution in [2.75, 3.05) is 31.5 Å². The molecule has 0 spiro atoms. The van der Waals surface area contributed by atoms with Crippen LogP contribution in [0.5, 0.6) is 0 Å². The molecule has 0 aliphatic rings. The summed E-state index contributed by atoms with van der Waals surface area (Å²) in [4.78, 5) is 26.0. The number of amides is 1. The third-order valence-electron chi connectivity index (χ3n) is 6.02. The number of hydrogen-bond acceptors (Lipinski definition) is 6. The SMILES string of the molecule is CCN(CC)CCNC(=O)c1ccc(Nc2ncnc3sc(C)c(-c4ccc(C)cc4)c23)cc1. The molecule has 6 nitrogen and oxygen atoms in total. The summed E-state index contributed by atoms with van der Waals surface area (Å²) >= 11 is 1.67. The van der Waals surface area contributed by atoms with Crippen molar-refractivity contribution < 1.29 is 4.79 Å². The highest BCUT2D eigenvalue weighted by Crippen LogP contribution is 2.41. The molecule has 2 N–H and O–H groups in total. The Hall–Kier alpha value is -3.29. The Bertz CT molecular complexity index is 1260. The number of benzene rings is 2. The average Bonchev–Trinajstić information content (AvgIpc) is 3.19. The van der Waals surface area contributed by atoms with Gasteiger partial charge in [-0.2, -0.15) is 0 Å². The van der Waals surface area contributed by atoms with E-state index in [9.17, 15) is 4.79 Å². The van der Waals surface area contributed by atoms with E-state index in [0.717, 1.165) is 52.5 Å². The molecule has 0 bridgehead atoms. The van der Waals surface area contributed by atoms with E-state index in [1.165, 1.54) is 10.4 Å². The summed E-state index contributed by atoms with van der Waals surface area (Å²) in [6, 6.07) is 16.1. The molecule has 176 valence electrons. The zero-order valence-corrected chi connectivity index (χ0v) is 21.0. The maximum absolute atomic E-state index is 12.5. The Kier molecular flexibility index (Phi) is 7.55. The second kappa shape index (κ2) is 10.8. The van der Waals surface area contributed by atoms with Gasteiger partial charge in [0.05, 0.1) is 5.39 Å². The van der Waals surface area contributed by atoms with Crippen LogP contribution in [-0.2, 0) is 0 Å². The Morgan fingerprint density at radius 1 is 0.971 bits per heavy atom. The first-order valence-electron chi connectivity index (χ1n) is 11.7. The van der Waals surface area contributed by atoms with Gasteiger partial charge in [0, 0.05) is 34.8 Å². The van der Waals surface area contributed by atoms with Gasteiger partial charge in [0.15, 0.2) is 0 Å². The first-order chi connectivity index (χ1) is 16.5. The van der Waals surface area contributed by atoms with Crippen LogP contribution in [0.15, 0.2) is 54.9 Å². The smallest absolute Gasteiger partial charge is 0.251 e. The lowest BCUT2D eigenvalue weighted by atomic mass is 10.0. The third-order valence-corrected chi connectivity index (χ3v) is 7.04. The first kappa shape index (κ1) is 23.9. The van der Waals surface area contributed by atoms with Gasteiger partial charge in [0.1, 0.15) is 17.0 Å². The summed E-state index contributed by atoms with van der Waals surface area (Å²) in [7, 11) is 0. The van der Waals surface area contributed by atoms with Crippen molar-refractivity contribution in [3.05, 3.63) is 70.9 Å². The molecule has 4 aromatic rings. The predicted octanol–water partition coefficient (Wildman–Crippen LogP) is 5.79. The lowest BCUT2D eigenvalue weighted by Crippen LogP contribution is -2.34. The summed E-state index contributed by atoms with van der Waals surface area (Å²) < 4.78 is 0. The summed E-state index contributed by atoms with van der Waals surface area (Å²) in [5.74, 6) is 0.708. The summed E-state index contributed by atoms with van der Waals surface area (Å²) in [6.07, 6.45) is 1.59. The van der Waals surface area contributed by atoms with E-state index in [-0.39, 0.29) is 5.91 Å². The number of nitrogens with zero attached hydrogens (tertiary/aromatic N) is 3.